The van der Waals surface area contributed by atoms with Gasteiger partial charge in [0.25, 0.3) is 0 Å². The zero-order valence-electron chi connectivity index (χ0n) is 17.0. The van der Waals surface area contributed by atoms with Crippen LogP contribution in [-0.4, -0.2) is 29.6 Å². The molecule has 0 unspecified atom stereocenters. The number of aryl methyl sites for hydroxylation is 1. The van der Waals surface area contributed by atoms with Crippen LogP contribution in [0.4, 0.5) is 5.00 Å². The molecule has 0 radical (unpaired) electrons. The van der Waals surface area contributed by atoms with Crippen molar-refractivity contribution in [2.24, 2.45) is 23.7 Å². The van der Waals surface area contributed by atoms with Gasteiger partial charge in [0.1, 0.15) is 10.6 Å². The van der Waals surface area contributed by atoms with Crippen molar-refractivity contribution in [3.8, 4) is 11.1 Å². The quantitative estimate of drug-likeness (QED) is 0.658. The molecule has 2 aliphatic carbocycles. The maximum atomic E-state index is 13.1. The van der Waals surface area contributed by atoms with E-state index in [0.29, 0.717) is 16.1 Å². The number of hydrogen-bond acceptors (Lipinski definition) is 5. The van der Waals surface area contributed by atoms with Crippen LogP contribution >= 0.6 is 11.3 Å². The average molecular weight is 428 g/mol. The first-order valence-electron chi connectivity index (χ1n) is 10.3. The number of amides is 1. The van der Waals surface area contributed by atoms with Crippen molar-refractivity contribution in [3.05, 3.63) is 40.8 Å². The molecule has 2 saturated carbocycles. The van der Waals surface area contributed by atoms with Gasteiger partial charge in [0.2, 0.25) is 5.91 Å². The number of ether oxygens (including phenoxy) is 1. The lowest BCUT2D eigenvalue weighted by Gasteiger charge is -2.27. The first kappa shape index (κ1) is 20.6. The zero-order chi connectivity index (χ0) is 21.4. The number of esters is 1. The van der Waals surface area contributed by atoms with E-state index in [4.69, 9.17) is 4.74 Å². The highest BCUT2D eigenvalue weighted by atomic mass is 32.1. The molecule has 1 heterocycles. The minimum Gasteiger partial charge on any atom is -0.481 e. The number of benzene rings is 1. The first-order chi connectivity index (χ1) is 14.4. The third-order valence-electron chi connectivity index (χ3n) is 6.37. The predicted molar refractivity (Wildman–Crippen MR) is 115 cm³/mol. The van der Waals surface area contributed by atoms with Gasteiger partial charge in [0, 0.05) is 10.9 Å². The van der Waals surface area contributed by atoms with E-state index in [1.165, 1.54) is 11.3 Å². The highest BCUT2D eigenvalue weighted by Gasteiger charge is 2.54. The van der Waals surface area contributed by atoms with Crippen LogP contribution in [0.5, 0.6) is 0 Å². The van der Waals surface area contributed by atoms with Crippen LogP contribution in [0.3, 0.4) is 0 Å². The maximum absolute atomic E-state index is 13.1. The van der Waals surface area contributed by atoms with Crippen LogP contribution in [0.2, 0.25) is 0 Å². The number of carboxylic acid groups (broad SMARTS) is 1. The molecule has 6 nitrogen and oxygen atoms in total. The van der Waals surface area contributed by atoms with E-state index < -0.39 is 23.8 Å². The number of hydrogen-bond donors (Lipinski definition) is 2. The molecule has 4 rings (SSSR count). The zero-order valence-corrected chi connectivity index (χ0v) is 17.8. The summed E-state index contributed by atoms with van der Waals surface area (Å²) in [7, 11) is 0. The van der Waals surface area contributed by atoms with Gasteiger partial charge >= 0.3 is 11.9 Å². The van der Waals surface area contributed by atoms with E-state index in [1.54, 1.807) is 6.92 Å². The molecule has 158 valence electrons. The minimum atomic E-state index is -0.903. The van der Waals surface area contributed by atoms with Gasteiger partial charge in [0.05, 0.1) is 18.4 Å². The van der Waals surface area contributed by atoms with Crippen LogP contribution in [0, 0.1) is 30.6 Å². The molecular weight excluding hydrogens is 402 g/mol. The van der Waals surface area contributed by atoms with Crippen molar-refractivity contribution in [1.29, 1.82) is 0 Å². The summed E-state index contributed by atoms with van der Waals surface area (Å²) in [5, 5.41) is 14.8. The molecule has 0 saturated heterocycles. The molecule has 4 atom stereocenters. The number of carboxylic acids is 1. The van der Waals surface area contributed by atoms with Crippen molar-refractivity contribution in [3.63, 3.8) is 0 Å². The van der Waals surface area contributed by atoms with Gasteiger partial charge in [0.15, 0.2) is 0 Å². The minimum absolute atomic E-state index is 0.0687. The Balaban J connectivity index is 1.65. The topological polar surface area (TPSA) is 92.7 Å². The molecule has 2 fully saturated rings. The monoisotopic (exact) mass is 427 g/mol. The van der Waals surface area contributed by atoms with E-state index >= 15 is 0 Å². The Morgan fingerprint density at radius 3 is 2.43 bits per heavy atom. The summed E-state index contributed by atoms with van der Waals surface area (Å²) in [5.74, 6) is -2.74. The lowest BCUT2D eigenvalue weighted by Crippen LogP contribution is -2.37. The third kappa shape index (κ3) is 3.62. The van der Waals surface area contributed by atoms with Gasteiger partial charge in [-0.05, 0) is 50.5 Å². The summed E-state index contributed by atoms with van der Waals surface area (Å²) in [6.07, 6.45) is 2.55. The summed E-state index contributed by atoms with van der Waals surface area (Å²) < 4.78 is 5.25. The fourth-order valence-electron chi connectivity index (χ4n) is 5.02. The molecule has 7 heteroatoms. The normalized spacial score (nSPS) is 24.6. The van der Waals surface area contributed by atoms with Crippen molar-refractivity contribution >= 4 is 34.2 Å². The molecule has 30 heavy (non-hydrogen) atoms. The Bertz CT molecular complexity index is 980. The predicted octanol–water partition coefficient (Wildman–Crippen LogP) is 4.59. The van der Waals surface area contributed by atoms with E-state index in [0.717, 1.165) is 30.4 Å². The number of carbonyl (C=O) groups is 3. The third-order valence-corrected chi connectivity index (χ3v) is 7.27. The number of aliphatic carboxylic acids is 1. The Kier molecular flexibility index (Phi) is 5.64. The van der Waals surface area contributed by atoms with Crippen LogP contribution in [0.15, 0.2) is 29.6 Å². The van der Waals surface area contributed by atoms with E-state index in [2.05, 4.69) is 5.32 Å². The van der Waals surface area contributed by atoms with Crippen LogP contribution in [-0.2, 0) is 14.3 Å². The van der Waals surface area contributed by atoms with Crippen molar-refractivity contribution in [2.75, 3.05) is 11.9 Å². The lowest BCUT2D eigenvalue weighted by atomic mass is 9.78. The maximum Gasteiger partial charge on any atom is 0.341 e. The number of rotatable bonds is 6. The van der Waals surface area contributed by atoms with Crippen LogP contribution in [0.25, 0.3) is 11.1 Å². The van der Waals surface area contributed by atoms with Gasteiger partial charge in [-0.1, -0.05) is 29.8 Å². The highest BCUT2D eigenvalue weighted by Crippen LogP contribution is 2.53. The largest absolute Gasteiger partial charge is 0.481 e. The van der Waals surface area contributed by atoms with Crippen LogP contribution < -0.4 is 5.32 Å². The Morgan fingerprint density at radius 1 is 1.13 bits per heavy atom. The molecular formula is C23H25NO5S. The van der Waals surface area contributed by atoms with Crippen molar-refractivity contribution in [2.45, 2.75) is 33.1 Å². The average Bonchev–Trinajstić information content (AvgIpc) is 3.42. The Labute approximate surface area is 179 Å². The highest BCUT2D eigenvalue weighted by molar-refractivity contribution is 7.15. The smallest absolute Gasteiger partial charge is 0.341 e. The Hall–Kier alpha value is -2.67. The van der Waals surface area contributed by atoms with E-state index in [9.17, 15) is 19.5 Å². The van der Waals surface area contributed by atoms with Gasteiger partial charge in [-0.2, -0.15) is 0 Å². The molecule has 2 aliphatic rings. The van der Waals surface area contributed by atoms with Crippen LogP contribution in [0.1, 0.15) is 42.1 Å². The summed E-state index contributed by atoms with van der Waals surface area (Å²) in [4.78, 5) is 37.6. The van der Waals surface area contributed by atoms with Gasteiger partial charge in [-0.25, -0.2) is 4.79 Å². The number of carbonyl (C=O) groups excluding carboxylic acids is 2. The van der Waals surface area contributed by atoms with Crippen molar-refractivity contribution in [1.82, 2.24) is 0 Å². The molecule has 0 spiro atoms. The second-order valence-electron chi connectivity index (χ2n) is 8.15. The number of anilines is 1. The molecule has 2 aromatic rings. The van der Waals surface area contributed by atoms with E-state index in [-0.39, 0.29) is 24.3 Å². The summed E-state index contributed by atoms with van der Waals surface area (Å²) in [5.41, 5.74) is 3.01. The molecule has 2 bridgehead atoms. The van der Waals surface area contributed by atoms with Gasteiger partial charge < -0.3 is 15.2 Å². The van der Waals surface area contributed by atoms with E-state index in [1.807, 2.05) is 36.6 Å². The first-order valence-corrected chi connectivity index (χ1v) is 11.2. The fourth-order valence-corrected chi connectivity index (χ4v) is 5.98. The SMILES string of the molecule is CCOC(=O)c1c(-c2ccc(C)cc2)csc1NC(=O)[C@H]1[C@H]2CC[C@@H](C2)[C@H]1C(=O)O. The van der Waals surface area contributed by atoms with Crippen molar-refractivity contribution < 1.29 is 24.2 Å². The van der Waals surface area contributed by atoms with Gasteiger partial charge in [-0.15, -0.1) is 11.3 Å². The second-order valence-corrected chi connectivity index (χ2v) is 9.03. The standard InChI is InChI=1S/C23H25NO5S/c1-3-29-23(28)19-16(13-6-4-12(2)5-7-13)11-30-21(19)24-20(25)17-14-8-9-15(10-14)18(17)22(26)27/h4-7,11,14-15,17-18H,3,8-10H2,1-2H3,(H,24,25)(H,26,27)/t14-,15-,17-,18+/m0/s1. The molecule has 1 aromatic heterocycles. The molecule has 1 amide bonds. The summed E-state index contributed by atoms with van der Waals surface area (Å²) in [6.45, 7) is 3.95. The Morgan fingerprint density at radius 2 is 1.80 bits per heavy atom. The number of thiophene rings is 1. The fraction of sp³-hybridized carbons (Fsp3) is 0.435. The number of fused-ring (bicyclic) bond motifs is 2. The second kappa shape index (κ2) is 8.22. The molecule has 2 N–H and O–H groups in total. The van der Waals surface area contributed by atoms with Gasteiger partial charge in [-0.3, -0.25) is 9.59 Å². The summed E-state index contributed by atoms with van der Waals surface area (Å²) >= 11 is 1.27. The summed E-state index contributed by atoms with van der Waals surface area (Å²) in [6, 6.07) is 7.80. The molecule has 1 aromatic carbocycles. The molecule has 0 aliphatic heterocycles. The lowest BCUT2D eigenvalue weighted by molar-refractivity contribution is -0.148. The number of nitrogens with one attached hydrogen (secondary N) is 1.